The first-order valence-corrected chi connectivity index (χ1v) is 9.49. The van der Waals surface area contributed by atoms with E-state index in [-0.39, 0.29) is 5.56 Å². The largest absolute Gasteiger partial charge is 0.331 e. The SMILES string of the molecule is O=c1c2ccccc2nc(/C=C/c2ccccc2)n1NC(=S)Nc1ccccc1. The van der Waals surface area contributed by atoms with Gasteiger partial charge in [-0.25, -0.2) is 4.98 Å². The van der Waals surface area contributed by atoms with Gasteiger partial charge >= 0.3 is 0 Å². The van der Waals surface area contributed by atoms with E-state index in [1.54, 1.807) is 12.1 Å². The molecule has 0 fully saturated rings. The second-order valence-corrected chi connectivity index (χ2v) is 6.71. The van der Waals surface area contributed by atoms with Gasteiger partial charge in [-0.1, -0.05) is 66.7 Å². The summed E-state index contributed by atoms with van der Waals surface area (Å²) in [5.41, 5.74) is 5.21. The molecule has 0 radical (unpaired) electrons. The fourth-order valence-electron chi connectivity index (χ4n) is 2.89. The van der Waals surface area contributed by atoms with Crippen LogP contribution in [0.2, 0.25) is 0 Å². The number of fused-ring (bicyclic) bond motifs is 1. The minimum absolute atomic E-state index is 0.222. The number of hydrogen-bond acceptors (Lipinski definition) is 3. The van der Waals surface area contributed by atoms with E-state index in [0.29, 0.717) is 21.8 Å². The lowest BCUT2D eigenvalue weighted by molar-refractivity contribution is 0.880. The molecule has 1 aromatic heterocycles. The van der Waals surface area contributed by atoms with Crippen molar-refractivity contribution in [3.63, 3.8) is 0 Å². The van der Waals surface area contributed by atoms with Crippen LogP contribution in [-0.2, 0) is 0 Å². The molecule has 0 saturated carbocycles. The molecule has 4 rings (SSSR count). The summed E-state index contributed by atoms with van der Waals surface area (Å²) in [6, 6.07) is 26.6. The van der Waals surface area contributed by atoms with Crippen LogP contribution in [0.15, 0.2) is 89.7 Å². The lowest BCUT2D eigenvalue weighted by Crippen LogP contribution is -2.37. The number of aromatic nitrogens is 2. The molecule has 2 N–H and O–H groups in total. The summed E-state index contributed by atoms with van der Waals surface area (Å²) in [5.74, 6) is 0.453. The van der Waals surface area contributed by atoms with Gasteiger partial charge in [0.25, 0.3) is 5.56 Å². The molecule has 29 heavy (non-hydrogen) atoms. The lowest BCUT2D eigenvalue weighted by Gasteiger charge is -2.15. The zero-order valence-corrected chi connectivity index (χ0v) is 16.3. The van der Waals surface area contributed by atoms with E-state index in [4.69, 9.17) is 12.2 Å². The highest BCUT2D eigenvalue weighted by Crippen LogP contribution is 2.11. The molecule has 6 heteroatoms. The molecule has 1 heterocycles. The number of anilines is 1. The normalized spacial score (nSPS) is 10.9. The number of para-hydroxylation sites is 2. The highest BCUT2D eigenvalue weighted by Gasteiger charge is 2.10. The minimum Gasteiger partial charge on any atom is -0.331 e. The van der Waals surface area contributed by atoms with Gasteiger partial charge in [0, 0.05) is 5.69 Å². The van der Waals surface area contributed by atoms with Crippen molar-refractivity contribution in [2.75, 3.05) is 10.7 Å². The van der Waals surface area contributed by atoms with Crippen LogP contribution in [-0.4, -0.2) is 14.8 Å². The molecule has 0 aliphatic carbocycles. The van der Waals surface area contributed by atoms with Crippen molar-refractivity contribution < 1.29 is 0 Å². The molecule has 0 spiro atoms. The first-order valence-electron chi connectivity index (χ1n) is 9.09. The molecule has 0 amide bonds. The summed E-state index contributed by atoms with van der Waals surface area (Å²) in [4.78, 5) is 17.7. The first-order chi connectivity index (χ1) is 14.2. The van der Waals surface area contributed by atoms with Gasteiger partial charge in [-0.2, -0.15) is 4.68 Å². The molecule has 0 saturated heterocycles. The average molecular weight is 398 g/mol. The Hall–Kier alpha value is -3.77. The fourth-order valence-corrected chi connectivity index (χ4v) is 3.10. The van der Waals surface area contributed by atoms with Crippen molar-refractivity contribution in [2.45, 2.75) is 0 Å². The molecule has 0 aliphatic heterocycles. The number of hydrogen-bond donors (Lipinski definition) is 2. The molecular weight excluding hydrogens is 380 g/mol. The first kappa shape index (κ1) is 18.6. The number of nitrogens with one attached hydrogen (secondary N) is 2. The van der Waals surface area contributed by atoms with Crippen molar-refractivity contribution in [3.8, 4) is 0 Å². The van der Waals surface area contributed by atoms with E-state index in [0.717, 1.165) is 11.3 Å². The third kappa shape index (κ3) is 4.39. The van der Waals surface area contributed by atoms with E-state index in [2.05, 4.69) is 15.7 Å². The van der Waals surface area contributed by atoms with Gasteiger partial charge in [0.1, 0.15) is 0 Å². The Morgan fingerprint density at radius 1 is 0.862 bits per heavy atom. The molecule has 3 aromatic carbocycles. The van der Waals surface area contributed by atoms with Crippen LogP contribution < -0.4 is 16.3 Å². The van der Waals surface area contributed by atoms with Crippen molar-refractivity contribution in [2.24, 2.45) is 0 Å². The van der Waals surface area contributed by atoms with Gasteiger partial charge in [0.2, 0.25) is 0 Å². The second-order valence-electron chi connectivity index (χ2n) is 6.30. The maximum atomic E-state index is 13.1. The van der Waals surface area contributed by atoms with E-state index in [1.807, 2.05) is 84.9 Å². The third-order valence-electron chi connectivity index (χ3n) is 4.27. The molecular formula is C23H18N4OS. The monoisotopic (exact) mass is 398 g/mol. The Kier molecular flexibility index (Phi) is 5.45. The molecule has 0 aliphatic rings. The second kappa shape index (κ2) is 8.50. The Labute approximate surface area is 173 Å². The third-order valence-corrected chi connectivity index (χ3v) is 4.46. The molecule has 4 aromatic rings. The van der Waals surface area contributed by atoms with Gasteiger partial charge in [0.05, 0.1) is 10.9 Å². The van der Waals surface area contributed by atoms with Crippen molar-refractivity contribution in [1.29, 1.82) is 0 Å². The number of benzene rings is 3. The van der Waals surface area contributed by atoms with Crippen molar-refractivity contribution in [1.82, 2.24) is 9.66 Å². The Bertz CT molecular complexity index is 1230. The fraction of sp³-hybridized carbons (Fsp3) is 0. The predicted octanol–water partition coefficient (Wildman–Crippen LogP) is 4.51. The van der Waals surface area contributed by atoms with Crippen molar-refractivity contribution >= 4 is 46.1 Å². The topological polar surface area (TPSA) is 59.0 Å². The summed E-state index contributed by atoms with van der Waals surface area (Å²) < 4.78 is 1.36. The lowest BCUT2D eigenvalue weighted by atomic mass is 10.2. The van der Waals surface area contributed by atoms with Crippen LogP contribution in [0.5, 0.6) is 0 Å². The number of thiocarbonyl (C=S) groups is 1. The smallest absolute Gasteiger partial charge is 0.280 e. The summed E-state index contributed by atoms with van der Waals surface area (Å²) in [5, 5.41) is 3.88. The van der Waals surface area contributed by atoms with Gasteiger partial charge in [-0.3, -0.25) is 10.2 Å². The Morgan fingerprint density at radius 3 is 2.28 bits per heavy atom. The van der Waals surface area contributed by atoms with Crippen LogP contribution >= 0.6 is 12.2 Å². The van der Waals surface area contributed by atoms with Gasteiger partial charge in [-0.15, -0.1) is 0 Å². The van der Waals surface area contributed by atoms with Gasteiger partial charge in [-0.05, 0) is 48.1 Å². The van der Waals surface area contributed by atoms with E-state index in [9.17, 15) is 4.79 Å². The van der Waals surface area contributed by atoms with Crippen LogP contribution in [0.1, 0.15) is 11.4 Å². The van der Waals surface area contributed by atoms with Crippen LogP contribution in [0, 0.1) is 0 Å². The standard InChI is InChI=1S/C23H18N4OS/c28-22-19-13-7-8-14-20(19)25-21(16-15-17-9-3-1-4-10-17)27(22)26-23(29)24-18-11-5-2-6-12-18/h1-16H,(H2,24,26,29)/b16-15+. The molecule has 0 bridgehead atoms. The van der Waals surface area contributed by atoms with Crippen LogP contribution in [0.4, 0.5) is 5.69 Å². The maximum Gasteiger partial charge on any atom is 0.280 e. The highest BCUT2D eigenvalue weighted by atomic mass is 32.1. The van der Waals surface area contributed by atoms with E-state index >= 15 is 0 Å². The summed E-state index contributed by atoms with van der Waals surface area (Å²) in [7, 11) is 0. The molecule has 5 nitrogen and oxygen atoms in total. The number of nitrogens with zero attached hydrogens (tertiary/aromatic N) is 2. The molecule has 0 unspecified atom stereocenters. The zero-order chi connectivity index (χ0) is 20.1. The maximum absolute atomic E-state index is 13.1. The van der Waals surface area contributed by atoms with Crippen LogP contribution in [0.25, 0.3) is 23.1 Å². The highest BCUT2D eigenvalue weighted by molar-refractivity contribution is 7.80. The predicted molar refractivity (Wildman–Crippen MR) is 123 cm³/mol. The number of rotatable bonds is 4. The zero-order valence-electron chi connectivity index (χ0n) is 15.4. The summed E-state index contributed by atoms with van der Waals surface area (Å²) in [6.45, 7) is 0. The van der Waals surface area contributed by atoms with E-state index < -0.39 is 0 Å². The average Bonchev–Trinajstić information content (AvgIpc) is 2.76. The van der Waals surface area contributed by atoms with Crippen LogP contribution in [0.3, 0.4) is 0 Å². The summed E-state index contributed by atoms with van der Waals surface area (Å²) >= 11 is 5.40. The van der Waals surface area contributed by atoms with E-state index in [1.165, 1.54) is 4.68 Å². The minimum atomic E-state index is -0.222. The molecule has 142 valence electrons. The quantitative estimate of drug-likeness (QED) is 0.496. The summed E-state index contributed by atoms with van der Waals surface area (Å²) in [6.07, 6.45) is 3.70. The Morgan fingerprint density at radius 2 is 1.52 bits per heavy atom. The molecule has 0 atom stereocenters. The van der Waals surface area contributed by atoms with Gasteiger partial charge in [0.15, 0.2) is 10.9 Å². The Balaban J connectivity index is 1.72. The van der Waals surface area contributed by atoms with Crippen molar-refractivity contribution in [3.05, 3.63) is 107 Å². The van der Waals surface area contributed by atoms with Gasteiger partial charge < -0.3 is 5.32 Å².